The van der Waals surface area contributed by atoms with Crippen LogP contribution in [0.5, 0.6) is 0 Å². The van der Waals surface area contributed by atoms with E-state index in [1.165, 1.54) is 0 Å². The number of likely N-dealkylation sites (tertiary alicyclic amines) is 1. The van der Waals surface area contributed by atoms with Gasteiger partial charge in [0.2, 0.25) is 11.8 Å². The van der Waals surface area contributed by atoms with Crippen molar-refractivity contribution in [1.82, 2.24) is 10.2 Å². The van der Waals surface area contributed by atoms with Crippen molar-refractivity contribution in [1.29, 1.82) is 0 Å². The molecule has 112 valence electrons. The quantitative estimate of drug-likeness (QED) is 0.923. The number of carbonyl (C=O) groups excluding carboxylic acids is 2. The van der Waals surface area contributed by atoms with Crippen molar-refractivity contribution in [3.63, 3.8) is 0 Å². The second-order valence-electron chi connectivity index (χ2n) is 6.15. The van der Waals surface area contributed by atoms with Gasteiger partial charge in [-0.25, -0.2) is 0 Å². The maximum Gasteiger partial charge on any atom is 0.250 e. The molecule has 1 saturated carbocycles. The first-order valence-electron chi connectivity index (χ1n) is 7.82. The fourth-order valence-corrected chi connectivity index (χ4v) is 2.97. The SMILES string of the molecule is C[C@@H]1CCCN1C(=O)[C@@H](NC(=O)C1CC1)c1ccccc1. The summed E-state index contributed by atoms with van der Waals surface area (Å²) in [5, 5.41) is 2.96. The molecule has 4 heteroatoms. The van der Waals surface area contributed by atoms with Gasteiger partial charge in [-0.05, 0) is 38.2 Å². The molecule has 2 atom stereocenters. The minimum Gasteiger partial charge on any atom is -0.340 e. The van der Waals surface area contributed by atoms with Crippen molar-refractivity contribution in [2.75, 3.05) is 6.54 Å². The lowest BCUT2D eigenvalue weighted by atomic mass is 10.0. The topological polar surface area (TPSA) is 49.4 Å². The average Bonchev–Trinajstić information content (AvgIpc) is 3.27. The van der Waals surface area contributed by atoms with Crippen LogP contribution >= 0.6 is 0 Å². The first kappa shape index (κ1) is 14.1. The molecule has 0 radical (unpaired) electrons. The Hall–Kier alpha value is -1.84. The Bertz CT molecular complexity index is 525. The van der Waals surface area contributed by atoms with Gasteiger partial charge in [-0.15, -0.1) is 0 Å². The van der Waals surface area contributed by atoms with Crippen molar-refractivity contribution >= 4 is 11.8 Å². The number of hydrogen-bond acceptors (Lipinski definition) is 2. The molecule has 4 nitrogen and oxygen atoms in total. The Labute approximate surface area is 125 Å². The fraction of sp³-hybridized carbons (Fsp3) is 0.529. The van der Waals surface area contributed by atoms with Crippen LogP contribution in [0.1, 0.15) is 44.2 Å². The number of amides is 2. The Kier molecular flexibility index (Phi) is 3.95. The molecule has 21 heavy (non-hydrogen) atoms. The van der Waals surface area contributed by atoms with Crippen LogP contribution in [0, 0.1) is 5.92 Å². The first-order chi connectivity index (χ1) is 10.2. The number of rotatable bonds is 4. The standard InChI is InChI=1S/C17H22N2O2/c1-12-6-5-11-19(12)17(21)15(13-7-3-2-4-8-13)18-16(20)14-9-10-14/h2-4,7-8,12,14-15H,5-6,9-11H2,1H3,(H,18,20)/t12-,15+/m1/s1. The molecule has 1 heterocycles. The number of nitrogens with one attached hydrogen (secondary N) is 1. The summed E-state index contributed by atoms with van der Waals surface area (Å²) in [6, 6.07) is 9.29. The number of carbonyl (C=O) groups is 2. The molecule has 1 aromatic rings. The molecule has 1 aliphatic heterocycles. The van der Waals surface area contributed by atoms with Gasteiger partial charge in [0.1, 0.15) is 6.04 Å². The third-order valence-corrected chi connectivity index (χ3v) is 4.45. The molecule has 2 aliphatic rings. The predicted octanol–water partition coefficient (Wildman–Crippen LogP) is 2.26. The number of nitrogens with zero attached hydrogens (tertiary/aromatic N) is 1. The van der Waals surface area contributed by atoms with Gasteiger partial charge < -0.3 is 10.2 Å². The molecule has 3 rings (SSSR count). The van der Waals surface area contributed by atoms with E-state index in [-0.39, 0.29) is 23.8 Å². The van der Waals surface area contributed by atoms with Gasteiger partial charge in [0.05, 0.1) is 0 Å². The minimum absolute atomic E-state index is 0.0176. The molecule has 1 aromatic carbocycles. The summed E-state index contributed by atoms with van der Waals surface area (Å²) in [7, 11) is 0. The Morgan fingerprint density at radius 3 is 2.48 bits per heavy atom. The summed E-state index contributed by atoms with van der Waals surface area (Å²) >= 11 is 0. The van der Waals surface area contributed by atoms with Crippen LogP contribution in [0.3, 0.4) is 0 Å². The molecule has 1 saturated heterocycles. The van der Waals surface area contributed by atoms with Gasteiger partial charge in [0.25, 0.3) is 0 Å². The van der Waals surface area contributed by atoms with E-state index in [9.17, 15) is 9.59 Å². The summed E-state index contributed by atoms with van der Waals surface area (Å²) in [5.74, 6) is 0.157. The zero-order valence-electron chi connectivity index (χ0n) is 12.4. The highest BCUT2D eigenvalue weighted by atomic mass is 16.2. The van der Waals surface area contributed by atoms with Crippen LogP contribution in [-0.2, 0) is 9.59 Å². The van der Waals surface area contributed by atoms with E-state index in [4.69, 9.17) is 0 Å². The van der Waals surface area contributed by atoms with Crippen LogP contribution < -0.4 is 5.32 Å². The molecule has 2 fully saturated rings. The first-order valence-corrected chi connectivity index (χ1v) is 7.82. The lowest BCUT2D eigenvalue weighted by Gasteiger charge is -2.27. The molecular weight excluding hydrogens is 264 g/mol. The molecule has 0 bridgehead atoms. The van der Waals surface area contributed by atoms with E-state index in [1.807, 2.05) is 35.2 Å². The molecule has 1 N–H and O–H groups in total. The van der Waals surface area contributed by atoms with Crippen molar-refractivity contribution in [2.24, 2.45) is 5.92 Å². The van der Waals surface area contributed by atoms with E-state index >= 15 is 0 Å². The van der Waals surface area contributed by atoms with Crippen LogP contribution in [0.15, 0.2) is 30.3 Å². The monoisotopic (exact) mass is 286 g/mol. The van der Waals surface area contributed by atoms with Crippen LogP contribution in [0.2, 0.25) is 0 Å². The Morgan fingerprint density at radius 2 is 1.90 bits per heavy atom. The highest BCUT2D eigenvalue weighted by Gasteiger charge is 2.36. The number of benzene rings is 1. The summed E-state index contributed by atoms with van der Waals surface area (Å²) in [5.41, 5.74) is 0.871. The van der Waals surface area contributed by atoms with E-state index in [0.29, 0.717) is 0 Å². The largest absolute Gasteiger partial charge is 0.340 e. The minimum atomic E-state index is -0.542. The maximum absolute atomic E-state index is 12.8. The van der Waals surface area contributed by atoms with E-state index in [1.54, 1.807) is 0 Å². The van der Waals surface area contributed by atoms with Crippen molar-refractivity contribution in [3.8, 4) is 0 Å². The zero-order valence-corrected chi connectivity index (χ0v) is 12.4. The molecule has 0 aromatic heterocycles. The predicted molar refractivity (Wildman–Crippen MR) is 80.5 cm³/mol. The highest BCUT2D eigenvalue weighted by Crippen LogP contribution is 2.30. The van der Waals surface area contributed by atoms with Gasteiger partial charge in [0, 0.05) is 18.5 Å². The van der Waals surface area contributed by atoms with Gasteiger partial charge in [-0.2, -0.15) is 0 Å². The Balaban J connectivity index is 1.80. The van der Waals surface area contributed by atoms with E-state index < -0.39 is 6.04 Å². The lowest BCUT2D eigenvalue weighted by molar-refractivity contribution is -0.137. The molecule has 0 unspecified atom stereocenters. The fourth-order valence-electron chi connectivity index (χ4n) is 2.97. The summed E-state index contributed by atoms with van der Waals surface area (Å²) in [4.78, 5) is 26.9. The lowest BCUT2D eigenvalue weighted by Crippen LogP contribution is -2.44. The van der Waals surface area contributed by atoms with Gasteiger partial charge in [-0.3, -0.25) is 9.59 Å². The normalized spacial score (nSPS) is 22.9. The van der Waals surface area contributed by atoms with Crippen molar-refractivity contribution in [2.45, 2.75) is 44.7 Å². The second kappa shape index (κ2) is 5.88. The van der Waals surface area contributed by atoms with E-state index in [0.717, 1.165) is 37.8 Å². The van der Waals surface area contributed by atoms with Crippen molar-refractivity contribution < 1.29 is 9.59 Å². The van der Waals surface area contributed by atoms with Gasteiger partial charge >= 0.3 is 0 Å². The summed E-state index contributed by atoms with van der Waals surface area (Å²) < 4.78 is 0. The second-order valence-corrected chi connectivity index (χ2v) is 6.15. The third-order valence-electron chi connectivity index (χ3n) is 4.45. The molecular formula is C17H22N2O2. The van der Waals surface area contributed by atoms with Gasteiger partial charge in [0.15, 0.2) is 0 Å². The van der Waals surface area contributed by atoms with Crippen molar-refractivity contribution in [3.05, 3.63) is 35.9 Å². The summed E-state index contributed by atoms with van der Waals surface area (Å²) in [6.45, 7) is 2.87. The zero-order chi connectivity index (χ0) is 14.8. The third kappa shape index (κ3) is 3.09. The van der Waals surface area contributed by atoms with Crippen LogP contribution in [0.25, 0.3) is 0 Å². The van der Waals surface area contributed by atoms with E-state index in [2.05, 4.69) is 12.2 Å². The molecule has 0 spiro atoms. The smallest absolute Gasteiger partial charge is 0.250 e. The van der Waals surface area contributed by atoms with Gasteiger partial charge in [-0.1, -0.05) is 30.3 Å². The molecule has 2 amide bonds. The van der Waals surface area contributed by atoms with Crippen LogP contribution in [0.4, 0.5) is 0 Å². The Morgan fingerprint density at radius 1 is 1.19 bits per heavy atom. The summed E-state index contributed by atoms with van der Waals surface area (Å²) in [6.07, 6.45) is 3.98. The highest BCUT2D eigenvalue weighted by molar-refractivity contribution is 5.90. The number of hydrogen-bond donors (Lipinski definition) is 1. The molecule has 1 aliphatic carbocycles. The maximum atomic E-state index is 12.8. The van der Waals surface area contributed by atoms with Crippen LogP contribution in [-0.4, -0.2) is 29.3 Å². The average molecular weight is 286 g/mol.